The number of nitrogens with zero attached hydrogens (tertiary/aromatic N) is 3. The Hall–Kier alpha value is -3.21. The molecule has 0 bridgehead atoms. The Balaban J connectivity index is 1.57. The first-order valence-corrected chi connectivity index (χ1v) is 10.9. The van der Waals surface area contributed by atoms with Crippen molar-refractivity contribution in [1.82, 2.24) is 20.3 Å². The second kappa shape index (κ2) is 8.53. The van der Waals surface area contributed by atoms with Crippen molar-refractivity contribution in [3.8, 4) is 0 Å². The molecule has 0 radical (unpaired) electrons. The Morgan fingerprint density at radius 3 is 3.00 bits per heavy atom. The minimum absolute atomic E-state index is 0.0750. The Bertz CT molecular complexity index is 1330. The normalized spacial score (nSPS) is 21.9. The van der Waals surface area contributed by atoms with Crippen molar-refractivity contribution in [2.45, 2.75) is 38.0 Å². The van der Waals surface area contributed by atoms with Gasteiger partial charge >= 0.3 is 6.36 Å². The van der Waals surface area contributed by atoms with Gasteiger partial charge in [-0.2, -0.15) is 0 Å². The zero-order chi connectivity index (χ0) is 23.9. The predicted molar refractivity (Wildman–Crippen MR) is 124 cm³/mol. The molecule has 1 aliphatic carbocycles. The minimum Gasteiger partial charge on any atom is -0.344 e. The van der Waals surface area contributed by atoms with Crippen LogP contribution in [0, 0.1) is 0 Å². The highest BCUT2D eigenvalue weighted by Crippen LogP contribution is 2.36. The highest BCUT2D eigenvalue weighted by Gasteiger charge is 2.37. The molecule has 0 spiro atoms. The highest BCUT2D eigenvalue weighted by atomic mass is 35.5. The molecule has 0 amide bonds. The van der Waals surface area contributed by atoms with Crippen LogP contribution in [0.1, 0.15) is 30.3 Å². The summed E-state index contributed by atoms with van der Waals surface area (Å²) >= 11 is 6.37. The molecule has 0 saturated carbocycles. The van der Waals surface area contributed by atoms with Crippen LogP contribution in [0.3, 0.4) is 0 Å². The van der Waals surface area contributed by atoms with Crippen molar-refractivity contribution in [2.75, 3.05) is 5.32 Å². The fourth-order valence-corrected chi connectivity index (χ4v) is 4.39. The minimum atomic E-state index is -4.78. The molecule has 1 aliphatic heterocycles. The van der Waals surface area contributed by atoms with E-state index in [9.17, 15) is 13.2 Å². The van der Waals surface area contributed by atoms with E-state index in [0.29, 0.717) is 33.2 Å². The van der Waals surface area contributed by atoms with E-state index in [2.05, 4.69) is 30.3 Å². The number of hydrogen-bond acceptors (Lipinski definition) is 6. The summed E-state index contributed by atoms with van der Waals surface area (Å²) in [5, 5.41) is 7.55. The third-order valence-corrected chi connectivity index (χ3v) is 6.11. The molecule has 5 rings (SSSR count). The monoisotopic (exact) mass is 488 g/mol. The molecule has 2 aliphatic rings. The first-order chi connectivity index (χ1) is 16.2. The molecule has 2 atom stereocenters. The summed E-state index contributed by atoms with van der Waals surface area (Å²) in [4.78, 5) is 16.5. The molecule has 3 N–H and O–H groups in total. The fraction of sp³-hybridized carbons (Fsp3) is 0.261. The third-order valence-electron chi connectivity index (χ3n) is 5.81. The van der Waals surface area contributed by atoms with Crippen LogP contribution in [0.5, 0.6) is 0 Å². The van der Waals surface area contributed by atoms with Crippen LogP contribution in [0.25, 0.3) is 16.5 Å². The molecule has 0 saturated heterocycles. The van der Waals surface area contributed by atoms with Crippen LogP contribution in [-0.2, 0) is 16.9 Å². The van der Waals surface area contributed by atoms with Crippen molar-refractivity contribution in [2.24, 2.45) is 4.99 Å². The van der Waals surface area contributed by atoms with Crippen molar-refractivity contribution in [3.05, 3.63) is 70.8 Å². The van der Waals surface area contributed by atoms with Crippen LogP contribution >= 0.6 is 11.6 Å². The number of pyridine rings is 1. The largest absolute Gasteiger partial charge is 0.523 e. The maximum atomic E-state index is 13.1. The first-order valence-electron chi connectivity index (χ1n) is 10.5. The van der Waals surface area contributed by atoms with E-state index in [1.165, 1.54) is 0 Å². The average Bonchev–Trinajstić information content (AvgIpc) is 3.28. The second-order valence-corrected chi connectivity index (χ2v) is 8.51. The number of alkyl halides is 3. The molecule has 2 unspecified atom stereocenters. The van der Waals surface area contributed by atoms with Gasteiger partial charge in [-0.15, -0.1) is 13.2 Å². The summed E-state index contributed by atoms with van der Waals surface area (Å²) in [5.41, 5.74) is 1.82. The number of aliphatic imine (C=N–C) groups is 1. The van der Waals surface area contributed by atoms with Crippen molar-refractivity contribution < 1.29 is 17.9 Å². The summed E-state index contributed by atoms with van der Waals surface area (Å²) in [6.45, 7) is 2.14. The van der Waals surface area contributed by atoms with E-state index < -0.39 is 18.1 Å². The lowest BCUT2D eigenvalue weighted by atomic mass is 9.94. The molecule has 34 heavy (non-hydrogen) atoms. The highest BCUT2D eigenvalue weighted by molar-refractivity contribution is 6.35. The van der Waals surface area contributed by atoms with E-state index in [0.717, 1.165) is 11.1 Å². The first kappa shape index (κ1) is 22.6. The van der Waals surface area contributed by atoms with Crippen LogP contribution in [-0.4, -0.2) is 33.8 Å². The Labute approximate surface area is 197 Å². The lowest BCUT2D eigenvalue weighted by Crippen LogP contribution is -2.40. The summed E-state index contributed by atoms with van der Waals surface area (Å²) in [5.74, 6) is 0.646. The van der Waals surface area contributed by atoms with Gasteiger partial charge < -0.3 is 10.3 Å². The summed E-state index contributed by atoms with van der Waals surface area (Å²) in [6.07, 6.45) is 2.13. The van der Waals surface area contributed by atoms with Gasteiger partial charge in [0.15, 0.2) is 11.5 Å². The van der Waals surface area contributed by atoms with Crippen molar-refractivity contribution in [1.29, 1.82) is 0 Å². The zero-order valence-corrected chi connectivity index (χ0v) is 18.7. The SMILES string of the molecule is CC1(NCc2cc3cccc(Cl)c3nc2C2=CC=CCC2OC(F)(F)F)N=CNc2nc[nH]c21. The molecular weight excluding hydrogens is 469 g/mol. The average molecular weight is 489 g/mol. The third kappa shape index (κ3) is 4.31. The topological polar surface area (TPSA) is 87.2 Å². The molecule has 11 heteroatoms. The quantitative estimate of drug-likeness (QED) is 0.455. The van der Waals surface area contributed by atoms with Gasteiger partial charge in [0.1, 0.15) is 5.69 Å². The van der Waals surface area contributed by atoms with E-state index in [-0.39, 0.29) is 13.0 Å². The van der Waals surface area contributed by atoms with E-state index in [4.69, 9.17) is 16.6 Å². The summed E-state index contributed by atoms with van der Waals surface area (Å²) < 4.78 is 43.9. The number of aromatic nitrogens is 3. The smallest absolute Gasteiger partial charge is 0.344 e. The van der Waals surface area contributed by atoms with Crippen LogP contribution in [0.15, 0.2) is 53.8 Å². The standard InChI is InChI=1S/C23H20ClF3N6O/c1-22(20-21(29-11-28-20)30-12-32-22)31-10-14-9-13-5-4-7-16(24)19(13)33-18(14)15-6-2-3-8-17(15)34-23(25,26)27/h2-7,9,11-12,17,31H,8,10H2,1H3,(H,28,29)(H,30,32). The number of halogens is 4. The van der Waals surface area contributed by atoms with Gasteiger partial charge in [-0.1, -0.05) is 42.0 Å². The van der Waals surface area contributed by atoms with Gasteiger partial charge in [0.2, 0.25) is 0 Å². The number of hydrogen-bond donors (Lipinski definition) is 3. The molecule has 2 aromatic heterocycles. The maximum absolute atomic E-state index is 13.1. The number of H-pyrrole nitrogens is 1. The van der Waals surface area contributed by atoms with Crippen LogP contribution < -0.4 is 10.6 Å². The molecule has 0 fully saturated rings. The zero-order valence-electron chi connectivity index (χ0n) is 17.9. The summed E-state index contributed by atoms with van der Waals surface area (Å²) in [7, 11) is 0. The van der Waals surface area contributed by atoms with E-state index in [1.807, 2.05) is 19.1 Å². The summed E-state index contributed by atoms with van der Waals surface area (Å²) in [6, 6.07) is 7.23. The number of rotatable bonds is 5. The van der Waals surface area contributed by atoms with E-state index in [1.54, 1.807) is 43.0 Å². The molecule has 7 nitrogen and oxygen atoms in total. The van der Waals surface area contributed by atoms with Gasteiger partial charge in [-0.25, -0.2) is 15.0 Å². The second-order valence-electron chi connectivity index (χ2n) is 8.10. The molecular formula is C23H20ClF3N6O. The number of aromatic amines is 1. The van der Waals surface area contributed by atoms with Gasteiger partial charge in [0, 0.05) is 17.5 Å². The number of para-hydroxylation sites is 1. The fourth-order valence-electron chi connectivity index (χ4n) is 4.17. The molecule has 3 heterocycles. The Kier molecular flexibility index (Phi) is 5.67. The number of ether oxygens (including phenoxy) is 1. The molecule has 3 aromatic rings. The maximum Gasteiger partial charge on any atom is 0.523 e. The number of allylic oxidation sites excluding steroid dienone is 2. The Morgan fingerprint density at radius 2 is 2.18 bits per heavy atom. The lowest BCUT2D eigenvalue weighted by Gasteiger charge is -2.30. The number of imidazole rings is 1. The van der Waals surface area contributed by atoms with Gasteiger partial charge in [0.25, 0.3) is 0 Å². The molecule has 1 aromatic carbocycles. The number of nitrogens with one attached hydrogen (secondary N) is 3. The van der Waals surface area contributed by atoms with Crippen LogP contribution in [0.4, 0.5) is 19.0 Å². The lowest BCUT2D eigenvalue weighted by molar-refractivity contribution is -0.334. The van der Waals surface area contributed by atoms with Crippen molar-refractivity contribution in [3.63, 3.8) is 0 Å². The van der Waals surface area contributed by atoms with Gasteiger partial charge in [0.05, 0.1) is 35.0 Å². The Morgan fingerprint density at radius 1 is 1.32 bits per heavy atom. The van der Waals surface area contributed by atoms with Crippen molar-refractivity contribution >= 4 is 40.2 Å². The number of fused-ring (bicyclic) bond motifs is 2. The number of anilines is 1. The molecule has 176 valence electrons. The van der Waals surface area contributed by atoms with E-state index >= 15 is 0 Å². The van der Waals surface area contributed by atoms with Gasteiger partial charge in [-0.05, 0) is 31.0 Å². The van der Waals surface area contributed by atoms with Gasteiger partial charge in [-0.3, -0.25) is 10.1 Å². The predicted octanol–water partition coefficient (Wildman–Crippen LogP) is 5.28. The van der Waals surface area contributed by atoms with Crippen LogP contribution in [0.2, 0.25) is 5.02 Å². The number of benzene rings is 1.